The van der Waals surface area contributed by atoms with E-state index in [1.54, 1.807) is 0 Å². The first-order valence-corrected chi connectivity index (χ1v) is 11.2. The van der Waals surface area contributed by atoms with E-state index in [1.165, 1.54) is 0 Å². The van der Waals surface area contributed by atoms with Gasteiger partial charge in [-0.3, -0.25) is 9.69 Å². The van der Waals surface area contributed by atoms with Gasteiger partial charge in [-0.15, -0.1) is 0 Å². The monoisotopic (exact) mass is 422 g/mol. The van der Waals surface area contributed by atoms with Crippen molar-refractivity contribution in [3.63, 3.8) is 0 Å². The quantitative estimate of drug-likeness (QED) is 0.706. The van der Waals surface area contributed by atoms with E-state index in [9.17, 15) is 4.79 Å². The van der Waals surface area contributed by atoms with Crippen LogP contribution in [0.1, 0.15) is 45.2 Å². The maximum absolute atomic E-state index is 14.0. The van der Waals surface area contributed by atoms with E-state index in [4.69, 9.17) is 14.2 Å². The number of fused-ring (bicyclic) bond motifs is 5. The lowest BCUT2D eigenvalue weighted by molar-refractivity contribution is -0.122. The summed E-state index contributed by atoms with van der Waals surface area (Å²) in [5, 5.41) is 0. The predicted molar refractivity (Wildman–Crippen MR) is 119 cm³/mol. The van der Waals surface area contributed by atoms with E-state index >= 15 is 0 Å². The molecule has 6 heteroatoms. The van der Waals surface area contributed by atoms with Crippen LogP contribution in [0.3, 0.4) is 0 Å². The smallest absolute Gasteiger partial charge is 0.245 e. The largest absolute Gasteiger partial charge is 0.491 e. The van der Waals surface area contributed by atoms with Crippen LogP contribution in [-0.4, -0.2) is 49.4 Å². The highest BCUT2D eigenvalue weighted by molar-refractivity contribution is 6.11. The normalized spacial score (nSPS) is 20.9. The molecular formula is C25H30N2O4. The Morgan fingerprint density at radius 3 is 2.42 bits per heavy atom. The number of amides is 1. The van der Waals surface area contributed by atoms with Crippen molar-refractivity contribution in [1.82, 2.24) is 4.90 Å². The van der Waals surface area contributed by atoms with Crippen LogP contribution in [0, 0.1) is 0 Å². The van der Waals surface area contributed by atoms with Crippen LogP contribution in [-0.2, 0) is 10.2 Å². The Labute approximate surface area is 183 Å². The summed E-state index contributed by atoms with van der Waals surface area (Å²) < 4.78 is 17.2. The molecule has 31 heavy (non-hydrogen) atoms. The Kier molecular flexibility index (Phi) is 4.85. The number of carbonyl (C=O) groups excluding carboxylic acids is 1. The third kappa shape index (κ3) is 2.99. The van der Waals surface area contributed by atoms with Gasteiger partial charge in [-0.2, -0.15) is 0 Å². The van der Waals surface area contributed by atoms with Crippen molar-refractivity contribution in [2.75, 3.05) is 31.4 Å². The lowest BCUT2D eigenvalue weighted by Gasteiger charge is -2.31. The van der Waals surface area contributed by atoms with Gasteiger partial charge in [0.25, 0.3) is 0 Å². The van der Waals surface area contributed by atoms with E-state index in [1.807, 2.05) is 29.2 Å². The van der Waals surface area contributed by atoms with E-state index in [0.717, 1.165) is 29.8 Å². The maximum Gasteiger partial charge on any atom is 0.245 e. The van der Waals surface area contributed by atoms with Gasteiger partial charge >= 0.3 is 0 Å². The lowest BCUT2D eigenvalue weighted by Crippen LogP contribution is -2.44. The summed E-state index contributed by atoms with van der Waals surface area (Å²) in [5.74, 6) is 2.15. The molecule has 2 aromatic carbocycles. The van der Waals surface area contributed by atoms with Crippen LogP contribution in [0.2, 0.25) is 0 Å². The van der Waals surface area contributed by atoms with Crippen molar-refractivity contribution in [2.45, 2.75) is 51.6 Å². The molecule has 0 N–H and O–H groups in total. The van der Waals surface area contributed by atoms with Crippen molar-refractivity contribution in [2.24, 2.45) is 0 Å². The van der Waals surface area contributed by atoms with Gasteiger partial charge in [-0.25, -0.2) is 0 Å². The Morgan fingerprint density at radius 1 is 0.968 bits per heavy atom. The molecule has 164 valence electrons. The molecule has 1 amide bonds. The molecular weight excluding hydrogens is 392 g/mol. The highest BCUT2D eigenvalue weighted by atomic mass is 16.7. The number of anilines is 1. The predicted octanol–water partition coefficient (Wildman–Crippen LogP) is 3.95. The molecule has 0 aromatic heterocycles. The van der Waals surface area contributed by atoms with Gasteiger partial charge in [0.05, 0.1) is 0 Å². The van der Waals surface area contributed by atoms with Gasteiger partial charge < -0.3 is 19.1 Å². The van der Waals surface area contributed by atoms with Crippen molar-refractivity contribution in [1.29, 1.82) is 0 Å². The van der Waals surface area contributed by atoms with Crippen molar-refractivity contribution in [3.8, 4) is 17.2 Å². The molecule has 0 bridgehead atoms. The first-order valence-electron chi connectivity index (χ1n) is 11.2. The molecule has 1 spiro atoms. The van der Waals surface area contributed by atoms with Crippen molar-refractivity contribution >= 4 is 11.6 Å². The van der Waals surface area contributed by atoms with Gasteiger partial charge in [0.1, 0.15) is 17.8 Å². The molecule has 0 fully saturated rings. The third-order valence-corrected chi connectivity index (χ3v) is 6.77. The fourth-order valence-corrected chi connectivity index (χ4v) is 5.31. The van der Waals surface area contributed by atoms with Crippen LogP contribution in [0.15, 0.2) is 36.4 Å². The molecule has 0 saturated heterocycles. The van der Waals surface area contributed by atoms with Gasteiger partial charge in [0.15, 0.2) is 11.5 Å². The molecule has 3 aliphatic heterocycles. The number of hydrogen-bond acceptors (Lipinski definition) is 5. The summed E-state index contributed by atoms with van der Waals surface area (Å²) in [5.41, 5.74) is 2.06. The zero-order valence-corrected chi connectivity index (χ0v) is 18.7. The highest BCUT2D eigenvalue weighted by Gasteiger charge is 2.57. The van der Waals surface area contributed by atoms with Gasteiger partial charge in [-0.1, -0.05) is 18.2 Å². The van der Waals surface area contributed by atoms with Crippen molar-refractivity contribution in [3.05, 3.63) is 47.5 Å². The Hall–Kier alpha value is -2.73. The van der Waals surface area contributed by atoms with Crippen molar-refractivity contribution < 1.29 is 19.0 Å². The number of rotatable bonds is 6. The Bertz CT molecular complexity index is 1010. The average molecular weight is 423 g/mol. The van der Waals surface area contributed by atoms with E-state index in [0.29, 0.717) is 42.5 Å². The SMILES string of the molecule is CC(C)N(CCCN1C(=O)C2(COc3cc4c(cc32)OCO4)c2ccccc21)C(C)C. The van der Waals surface area contributed by atoms with Gasteiger partial charge in [-0.05, 0) is 51.8 Å². The zero-order chi connectivity index (χ0) is 21.8. The summed E-state index contributed by atoms with van der Waals surface area (Å²) in [7, 11) is 0. The summed E-state index contributed by atoms with van der Waals surface area (Å²) in [6, 6.07) is 12.9. The Morgan fingerprint density at radius 2 is 1.68 bits per heavy atom. The number of nitrogens with zero attached hydrogens (tertiary/aromatic N) is 2. The minimum absolute atomic E-state index is 0.0898. The van der Waals surface area contributed by atoms with Crippen LogP contribution in [0.25, 0.3) is 0 Å². The number of para-hydroxylation sites is 1. The third-order valence-electron chi connectivity index (χ3n) is 6.77. The lowest BCUT2D eigenvalue weighted by atomic mass is 9.77. The molecule has 0 aliphatic carbocycles. The average Bonchev–Trinajstić information content (AvgIpc) is 3.41. The molecule has 3 aliphatic rings. The van der Waals surface area contributed by atoms with E-state index in [2.05, 4.69) is 44.7 Å². The molecule has 1 unspecified atom stereocenters. The topological polar surface area (TPSA) is 51.2 Å². The first-order chi connectivity index (χ1) is 14.9. The van der Waals surface area contributed by atoms with Crippen LogP contribution >= 0.6 is 0 Å². The van der Waals surface area contributed by atoms with E-state index < -0.39 is 5.41 Å². The fourth-order valence-electron chi connectivity index (χ4n) is 5.31. The number of hydrogen-bond donors (Lipinski definition) is 0. The van der Waals surface area contributed by atoms with Crippen LogP contribution in [0.4, 0.5) is 5.69 Å². The number of carbonyl (C=O) groups is 1. The second kappa shape index (κ2) is 7.45. The molecule has 2 aromatic rings. The molecule has 3 heterocycles. The highest BCUT2D eigenvalue weighted by Crippen LogP contribution is 2.54. The molecule has 0 radical (unpaired) electrons. The molecule has 5 rings (SSSR count). The van der Waals surface area contributed by atoms with Gasteiger partial charge in [0, 0.05) is 42.5 Å². The van der Waals surface area contributed by atoms with E-state index in [-0.39, 0.29) is 12.7 Å². The second-order valence-electron chi connectivity index (χ2n) is 9.15. The van der Waals surface area contributed by atoms with Crippen LogP contribution in [0.5, 0.6) is 17.2 Å². The molecule has 0 saturated carbocycles. The standard InChI is InChI=1S/C25H30N2O4/c1-16(2)26(17(3)4)10-7-11-27-20-9-6-5-8-18(20)25(24(27)28)14-29-21-13-23-22(12-19(21)25)30-15-31-23/h5-6,8-9,12-13,16-17H,7,10-11,14-15H2,1-4H3. The minimum Gasteiger partial charge on any atom is -0.491 e. The summed E-state index contributed by atoms with van der Waals surface area (Å²) >= 11 is 0. The molecule has 6 nitrogen and oxygen atoms in total. The Balaban J connectivity index is 1.47. The van der Waals surface area contributed by atoms with Crippen LogP contribution < -0.4 is 19.1 Å². The summed E-state index contributed by atoms with van der Waals surface area (Å²) in [6.45, 7) is 11.1. The zero-order valence-electron chi connectivity index (χ0n) is 18.7. The van der Waals surface area contributed by atoms with Gasteiger partial charge in [0.2, 0.25) is 12.7 Å². The first kappa shape index (κ1) is 20.2. The summed E-state index contributed by atoms with van der Waals surface area (Å²) in [4.78, 5) is 18.4. The molecule has 1 atom stereocenters. The second-order valence-corrected chi connectivity index (χ2v) is 9.15. The maximum atomic E-state index is 14.0. The fraction of sp³-hybridized carbons (Fsp3) is 0.480. The summed E-state index contributed by atoms with van der Waals surface area (Å²) in [6.07, 6.45) is 0.918. The number of benzene rings is 2. The minimum atomic E-state index is -0.817. The number of ether oxygens (including phenoxy) is 3.